The molecule has 0 aromatic rings. The van der Waals surface area contributed by atoms with E-state index in [9.17, 15) is 8.42 Å². The van der Waals surface area contributed by atoms with Crippen molar-refractivity contribution in [2.75, 3.05) is 0 Å². The summed E-state index contributed by atoms with van der Waals surface area (Å²) in [5, 5.41) is -0.616. The van der Waals surface area contributed by atoms with Crippen LogP contribution in [0.25, 0.3) is 0 Å². The van der Waals surface area contributed by atoms with Gasteiger partial charge in [0.2, 0.25) is 0 Å². The van der Waals surface area contributed by atoms with Gasteiger partial charge in [-0.15, -0.1) is 0 Å². The van der Waals surface area contributed by atoms with E-state index in [1.807, 2.05) is 6.92 Å². The zero-order valence-corrected chi connectivity index (χ0v) is 7.26. The molecule has 0 aliphatic heterocycles. The summed E-state index contributed by atoms with van der Waals surface area (Å²) in [5.41, 5.74) is 0.917. The average Bonchev–Trinajstić information content (AvgIpc) is 2.08. The van der Waals surface area contributed by atoms with E-state index in [2.05, 4.69) is 6.58 Å². The first-order valence-corrected chi connectivity index (χ1v) is 5.04. The van der Waals surface area contributed by atoms with E-state index in [1.165, 1.54) is 0 Å². The van der Waals surface area contributed by atoms with E-state index in [0.29, 0.717) is 12.8 Å². The summed E-state index contributed by atoms with van der Waals surface area (Å²) < 4.78 is 30.1. The van der Waals surface area contributed by atoms with Gasteiger partial charge in [-0.2, -0.15) is 8.42 Å². The molecule has 1 N–H and O–H groups in total. The van der Waals surface area contributed by atoms with Gasteiger partial charge in [0.15, 0.2) is 0 Å². The van der Waals surface area contributed by atoms with Crippen LogP contribution in [0.3, 0.4) is 0 Å². The molecule has 11 heavy (non-hydrogen) atoms. The molecule has 0 amide bonds. The maximum absolute atomic E-state index is 10.7. The first-order chi connectivity index (χ1) is 4.91. The Kier molecular flexibility index (Phi) is 2.07. The number of allylic oxidation sites excluding steroid dienone is 1. The molecular formula is C7H12O3S. The maximum atomic E-state index is 10.7. The van der Waals surface area contributed by atoms with Crippen LogP contribution < -0.4 is 0 Å². The minimum atomic E-state index is -3.85. The highest BCUT2D eigenvalue weighted by Gasteiger charge is 2.35. The van der Waals surface area contributed by atoms with Crippen molar-refractivity contribution in [2.45, 2.75) is 25.0 Å². The highest BCUT2D eigenvalue weighted by atomic mass is 32.2. The second-order valence-electron chi connectivity index (χ2n) is 3.19. The molecule has 0 bridgehead atoms. The van der Waals surface area contributed by atoms with Crippen LogP contribution in [0, 0.1) is 5.92 Å². The van der Waals surface area contributed by atoms with Crippen LogP contribution in [-0.2, 0) is 10.1 Å². The Morgan fingerprint density at radius 3 is 2.27 bits per heavy atom. The Bertz CT molecular complexity index is 265. The lowest BCUT2D eigenvalue weighted by Gasteiger charge is -2.09. The van der Waals surface area contributed by atoms with Gasteiger partial charge < -0.3 is 0 Å². The first kappa shape index (κ1) is 8.74. The number of hydrogen-bond donors (Lipinski definition) is 1. The molecule has 1 aliphatic carbocycles. The third-order valence-corrected chi connectivity index (χ3v) is 3.51. The van der Waals surface area contributed by atoms with E-state index < -0.39 is 15.4 Å². The van der Waals surface area contributed by atoms with Crippen LogP contribution in [-0.4, -0.2) is 18.2 Å². The quantitative estimate of drug-likeness (QED) is 0.483. The largest absolute Gasteiger partial charge is 0.285 e. The summed E-state index contributed by atoms with van der Waals surface area (Å²) in [7, 11) is -3.85. The molecule has 2 atom stereocenters. The Hall–Kier alpha value is -0.350. The summed E-state index contributed by atoms with van der Waals surface area (Å²) in [6.45, 7) is 5.51. The monoisotopic (exact) mass is 176 g/mol. The van der Waals surface area contributed by atoms with E-state index in [-0.39, 0.29) is 5.92 Å². The van der Waals surface area contributed by atoms with Crippen LogP contribution in [0.5, 0.6) is 0 Å². The predicted molar refractivity (Wildman–Crippen MR) is 42.9 cm³/mol. The van der Waals surface area contributed by atoms with Gasteiger partial charge in [-0.1, -0.05) is 19.1 Å². The molecule has 0 heterocycles. The standard InChI is InChI=1S/C7H12O3S/c1-5-3-6(2)7(4-5)11(8,9)10/h6-7H,1,3-4H2,2H3,(H,8,9,10). The highest BCUT2D eigenvalue weighted by molar-refractivity contribution is 7.86. The molecule has 0 radical (unpaired) electrons. The molecule has 4 heteroatoms. The Labute approximate surface area is 66.9 Å². The Balaban J connectivity index is 2.84. The molecule has 0 aromatic heterocycles. The van der Waals surface area contributed by atoms with Crippen molar-refractivity contribution >= 4 is 10.1 Å². The second-order valence-corrected chi connectivity index (χ2v) is 4.82. The van der Waals surface area contributed by atoms with Gasteiger partial charge in [0.25, 0.3) is 10.1 Å². The van der Waals surface area contributed by atoms with E-state index in [0.717, 1.165) is 5.57 Å². The molecule has 3 nitrogen and oxygen atoms in total. The number of hydrogen-bond acceptors (Lipinski definition) is 2. The van der Waals surface area contributed by atoms with E-state index in [4.69, 9.17) is 4.55 Å². The minimum absolute atomic E-state index is 0.0116. The molecular weight excluding hydrogens is 164 g/mol. The second kappa shape index (κ2) is 2.60. The SMILES string of the molecule is C=C1CC(C)C(S(=O)(=O)O)C1. The summed E-state index contributed by atoms with van der Waals surface area (Å²) in [4.78, 5) is 0. The van der Waals surface area contributed by atoms with E-state index >= 15 is 0 Å². The number of rotatable bonds is 1. The zero-order valence-electron chi connectivity index (χ0n) is 6.45. The third kappa shape index (κ3) is 1.81. The molecule has 1 fully saturated rings. The van der Waals surface area contributed by atoms with Gasteiger partial charge in [0.05, 0.1) is 5.25 Å². The predicted octanol–water partition coefficient (Wildman–Crippen LogP) is 1.23. The van der Waals surface area contributed by atoms with Crippen molar-refractivity contribution in [1.82, 2.24) is 0 Å². The fourth-order valence-electron chi connectivity index (χ4n) is 1.55. The topological polar surface area (TPSA) is 54.4 Å². The highest BCUT2D eigenvalue weighted by Crippen LogP contribution is 2.33. The van der Waals surface area contributed by atoms with Crippen molar-refractivity contribution in [3.63, 3.8) is 0 Å². The van der Waals surface area contributed by atoms with Crippen molar-refractivity contribution in [3.8, 4) is 0 Å². The lowest BCUT2D eigenvalue weighted by molar-refractivity contribution is 0.449. The fourth-order valence-corrected chi connectivity index (χ4v) is 2.68. The summed E-state index contributed by atoms with van der Waals surface area (Å²) >= 11 is 0. The van der Waals surface area contributed by atoms with Crippen LogP contribution in [0.2, 0.25) is 0 Å². The van der Waals surface area contributed by atoms with Crippen molar-refractivity contribution in [2.24, 2.45) is 5.92 Å². The smallest absolute Gasteiger partial charge is 0.268 e. The van der Waals surface area contributed by atoms with Gasteiger partial charge in [-0.25, -0.2) is 0 Å². The summed E-state index contributed by atoms with van der Waals surface area (Å²) in [5.74, 6) is 0.0116. The Morgan fingerprint density at radius 1 is 1.55 bits per heavy atom. The minimum Gasteiger partial charge on any atom is -0.285 e. The first-order valence-electron chi connectivity index (χ1n) is 3.54. The van der Waals surface area contributed by atoms with Crippen molar-refractivity contribution in [1.29, 1.82) is 0 Å². The normalized spacial score (nSPS) is 32.7. The Morgan fingerprint density at radius 2 is 2.09 bits per heavy atom. The van der Waals surface area contributed by atoms with Crippen LogP contribution in [0.4, 0.5) is 0 Å². The molecule has 1 rings (SSSR count). The molecule has 64 valence electrons. The summed E-state index contributed by atoms with van der Waals surface area (Å²) in [6.07, 6.45) is 1.13. The molecule has 0 spiro atoms. The molecule has 0 aromatic carbocycles. The van der Waals surface area contributed by atoms with Gasteiger partial charge in [-0.05, 0) is 18.8 Å². The maximum Gasteiger partial charge on any atom is 0.268 e. The molecule has 1 aliphatic rings. The average molecular weight is 176 g/mol. The van der Waals surface area contributed by atoms with Crippen molar-refractivity contribution < 1.29 is 13.0 Å². The van der Waals surface area contributed by atoms with Gasteiger partial charge in [0, 0.05) is 0 Å². The molecule has 2 unspecified atom stereocenters. The van der Waals surface area contributed by atoms with Crippen LogP contribution in [0.15, 0.2) is 12.2 Å². The lowest BCUT2D eigenvalue weighted by atomic mass is 10.1. The van der Waals surface area contributed by atoms with Gasteiger partial charge in [0.1, 0.15) is 0 Å². The lowest BCUT2D eigenvalue weighted by Crippen LogP contribution is -2.22. The van der Waals surface area contributed by atoms with Gasteiger partial charge >= 0.3 is 0 Å². The molecule has 1 saturated carbocycles. The van der Waals surface area contributed by atoms with Crippen LogP contribution >= 0.6 is 0 Å². The van der Waals surface area contributed by atoms with Crippen molar-refractivity contribution in [3.05, 3.63) is 12.2 Å². The molecule has 0 saturated heterocycles. The van der Waals surface area contributed by atoms with E-state index in [1.54, 1.807) is 0 Å². The fraction of sp³-hybridized carbons (Fsp3) is 0.714. The third-order valence-electron chi connectivity index (χ3n) is 2.12. The summed E-state index contributed by atoms with van der Waals surface area (Å²) in [6, 6.07) is 0. The van der Waals surface area contributed by atoms with Gasteiger partial charge in [-0.3, -0.25) is 4.55 Å². The zero-order chi connectivity index (χ0) is 8.65. The van der Waals surface area contributed by atoms with Crippen LogP contribution in [0.1, 0.15) is 19.8 Å².